The van der Waals surface area contributed by atoms with Crippen molar-refractivity contribution in [1.82, 2.24) is 14.7 Å². The van der Waals surface area contributed by atoms with Gasteiger partial charge in [0.25, 0.3) is 0 Å². The predicted octanol–water partition coefficient (Wildman–Crippen LogP) is 6.30. The largest absolute Gasteiger partial charge is 0.361 e. The Kier molecular flexibility index (Phi) is 5.41. The van der Waals surface area contributed by atoms with Gasteiger partial charge in [0.15, 0.2) is 0 Å². The second-order valence-corrected chi connectivity index (χ2v) is 9.21. The van der Waals surface area contributed by atoms with E-state index in [0.717, 1.165) is 62.8 Å². The Balaban J connectivity index is 1.60. The third-order valence-corrected chi connectivity index (χ3v) is 6.69. The topological polar surface area (TPSA) is 60.9 Å². The zero-order valence-corrected chi connectivity index (χ0v) is 19.0. The molecule has 1 aliphatic rings. The number of carbonyl (C=O) groups is 1. The van der Waals surface area contributed by atoms with Crippen LogP contribution in [0.15, 0.2) is 47.2 Å². The summed E-state index contributed by atoms with van der Waals surface area (Å²) in [5.74, 6) is 1.72. The highest BCUT2D eigenvalue weighted by Crippen LogP contribution is 2.36. The number of fused-ring (bicyclic) bond motifs is 1. The van der Waals surface area contributed by atoms with Crippen LogP contribution in [0.25, 0.3) is 33.3 Å². The number of aryl methyl sites for hydroxylation is 2. The van der Waals surface area contributed by atoms with Crippen molar-refractivity contribution in [1.29, 1.82) is 0 Å². The van der Waals surface area contributed by atoms with E-state index in [0.29, 0.717) is 6.42 Å². The molecule has 5 heteroatoms. The molecule has 0 radical (unpaired) electrons. The Labute approximate surface area is 188 Å². The second kappa shape index (κ2) is 8.38. The number of hydrogen-bond acceptors (Lipinski definition) is 4. The molecule has 0 aliphatic heterocycles. The highest BCUT2D eigenvalue weighted by Gasteiger charge is 2.20. The minimum Gasteiger partial charge on any atom is -0.361 e. The molecule has 0 N–H and O–H groups in total. The lowest BCUT2D eigenvalue weighted by molar-refractivity contribution is -0.116. The smallest absolute Gasteiger partial charge is 0.141 e. The number of hydrogen-bond donors (Lipinski definition) is 0. The lowest BCUT2D eigenvalue weighted by atomic mass is 10.0. The van der Waals surface area contributed by atoms with Gasteiger partial charge in [-0.25, -0.2) is 0 Å². The quantitative estimate of drug-likeness (QED) is 0.362. The van der Waals surface area contributed by atoms with Crippen LogP contribution >= 0.6 is 0 Å². The van der Waals surface area contributed by atoms with E-state index < -0.39 is 0 Å². The highest BCUT2D eigenvalue weighted by molar-refractivity contribution is 5.95. The van der Waals surface area contributed by atoms with Crippen LogP contribution in [0.2, 0.25) is 0 Å². The Bertz CT molecular complexity index is 1250. The molecule has 0 bridgehead atoms. The fraction of sp³-hybridized carbons (Fsp3) is 0.370. The van der Waals surface area contributed by atoms with Crippen molar-refractivity contribution >= 4 is 16.8 Å². The van der Waals surface area contributed by atoms with Gasteiger partial charge in [0, 0.05) is 42.0 Å². The van der Waals surface area contributed by atoms with Crippen LogP contribution in [0.5, 0.6) is 0 Å². The summed E-state index contributed by atoms with van der Waals surface area (Å²) in [6, 6.07) is 10.6. The SMILES string of the molecule is CC(=O)Cc1ccc(-c2cn(CC3CCCC3)c3cc(-c4c(C)noc4C)cnc23)cc1. The molecule has 0 amide bonds. The molecule has 3 heterocycles. The van der Waals surface area contributed by atoms with Gasteiger partial charge in [-0.1, -0.05) is 42.3 Å². The van der Waals surface area contributed by atoms with Crippen LogP contribution in [0.3, 0.4) is 0 Å². The van der Waals surface area contributed by atoms with Crippen LogP contribution < -0.4 is 0 Å². The number of rotatable bonds is 6. The van der Waals surface area contributed by atoms with Gasteiger partial charge in [-0.15, -0.1) is 0 Å². The summed E-state index contributed by atoms with van der Waals surface area (Å²) in [5, 5.41) is 4.13. The normalized spacial score (nSPS) is 14.5. The zero-order chi connectivity index (χ0) is 22.2. The van der Waals surface area contributed by atoms with Gasteiger partial charge in [0.1, 0.15) is 11.5 Å². The van der Waals surface area contributed by atoms with E-state index in [1.165, 1.54) is 25.7 Å². The maximum absolute atomic E-state index is 11.5. The summed E-state index contributed by atoms with van der Waals surface area (Å²) in [6.07, 6.45) is 9.92. The zero-order valence-electron chi connectivity index (χ0n) is 19.0. The van der Waals surface area contributed by atoms with Crippen molar-refractivity contribution in [2.45, 2.75) is 59.4 Å². The van der Waals surface area contributed by atoms with Crippen molar-refractivity contribution in [2.24, 2.45) is 5.92 Å². The van der Waals surface area contributed by atoms with E-state index in [9.17, 15) is 4.79 Å². The van der Waals surface area contributed by atoms with E-state index in [1.807, 2.05) is 20.0 Å². The molecule has 0 unspecified atom stereocenters. The lowest BCUT2D eigenvalue weighted by Crippen LogP contribution is -2.06. The third kappa shape index (κ3) is 3.88. The van der Waals surface area contributed by atoms with Crippen LogP contribution in [-0.2, 0) is 17.8 Å². The Morgan fingerprint density at radius 1 is 1.12 bits per heavy atom. The van der Waals surface area contributed by atoms with Crippen LogP contribution in [0.1, 0.15) is 49.6 Å². The van der Waals surface area contributed by atoms with Crippen molar-refractivity contribution in [3.63, 3.8) is 0 Å². The Morgan fingerprint density at radius 3 is 2.53 bits per heavy atom. The first-order chi connectivity index (χ1) is 15.5. The van der Waals surface area contributed by atoms with Crippen LogP contribution in [-0.4, -0.2) is 20.5 Å². The van der Waals surface area contributed by atoms with Gasteiger partial charge < -0.3 is 9.09 Å². The van der Waals surface area contributed by atoms with Gasteiger partial charge >= 0.3 is 0 Å². The van der Waals surface area contributed by atoms with Gasteiger partial charge in [-0.3, -0.25) is 9.78 Å². The molecule has 0 atom stereocenters. The number of pyridine rings is 1. The highest BCUT2D eigenvalue weighted by atomic mass is 16.5. The predicted molar refractivity (Wildman–Crippen MR) is 126 cm³/mol. The lowest BCUT2D eigenvalue weighted by Gasteiger charge is -2.12. The molecule has 1 saturated carbocycles. The molecule has 1 fully saturated rings. The van der Waals surface area contributed by atoms with Gasteiger partial charge in [0.05, 0.1) is 16.7 Å². The Hall–Kier alpha value is -3.21. The molecular formula is C27H29N3O2. The average molecular weight is 428 g/mol. The van der Waals surface area contributed by atoms with Crippen LogP contribution in [0, 0.1) is 19.8 Å². The first-order valence-electron chi connectivity index (χ1n) is 11.5. The summed E-state index contributed by atoms with van der Waals surface area (Å²) >= 11 is 0. The van der Waals surface area contributed by atoms with Crippen molar-refractivity contribution in [2.75, 3.05) is 0 Å². The molecule has 5 nitrogen and oxygen atoms in total. The molecule has 1 aromatic carbocycles. The average Bonchev–Trinajstić information content (AvgIpc) is 3.49. The number of nitrogens with zero attached hydrogens (tertiary/aromatic N) is 3. The van der Waals surface area contributed by atoms with Crippen molar-refractivity contribution in [3.05, 3.63) is 59.7 Å². The van der Waals surface area contributed by atoms with Gasteiger partial charge in [-0.2, -0.15) is 0 Å². The molecule has 1 aliphatic carbocycles. The first kappa shape index (κ1) is 20.7. The molecule has 4 aromatic rings. The maximum atomic E-state index is 11.5. The summed E-state index contributed by atoms with van der Waals surface area (Å²) in [7, 11) is 0. The summed E-state index contributed by atoms with van der Waals surface area (Å²) in [4.78, 5) is 16.4. The Morgan fingerprint density at radius 2 is 1.88 bits per heavy atom. The number of aromatic nitrogens is 3. The fourth-order valence-corrected chi connectivity index (χ4v) is 5.12. The minimum absolute atomic E-state index is 0.180. The molecule has 3 aromatic heterocycles. The van der Waals surface area contributed by atoms with E-state index in [2.05, 4.69) is 46.3 Å². The maximum Gasteiger partial charge on any atom is 0.141 e. The van der Waals surface area contributed by atoms with Crippen LogP contribution in [0.4, 0.5) is 0 Å². The second-order valence-electron chi connectivity index (χ2n) is 9.21. The molecule has 0 spiro atoms. The number of Topliss-reactive ketones (excluding diaryl/α,β-unsaturated/α-hetero) is 1. The summed E-state index contributed by atoms with van der Waals surface area (Å²) < 4.78 is 7.79. The van der Waals surface area contributed by atoms with Crippen molar-refractivity contribution in [3.8, 4) is 22.3 Å². The van der Waals surface area contributed by atoms with E-state index in [1.54, 1.807) is 6.92 Å². The molecule has 0 saturated heterocycles. The monoisotopic (exact) mass is 427 g/mol. The number of ketones is 1. The van der Waals surface area contributed by atoms with E-state index in [-0.39, 0.29) is 5.78 Å². The fourth-order valence-electron chi connectivity index (χ4n) is 5.12. The molecule has 164 valence electrons. The summed E-state index contributed by atoms with van der Waals surface area (Å²) in [5.41, 5.74) is 8.44. The minimum atomic E-state index is 0.180. The van der Waals surface area contributed by atoms with E-state index >= 15 is 0 Å². The first-order valence-corrected chi connectivity index (χ1v) is 11.5. The molecule has 5 rings (SSSR count). The van der Waals surface area contributed by atoms with E-state index in [4.69, 9.17) is 9.51 Å². The van der Waals surface area contributed by atoms with Gasteiger partial charge in [-0.05, 0) is 56.7 Å². The number of benzene rings is 1. The van der Waals surface area contributed by atoms with Gasteiger partial charge in [0.2, 0.25) is 0 Å². The number of carbonyl (C=O) groups excluding carboxylic acids is 1. The molecule has 32 heavy (non-hydrogen) atoms. The molecular weight excluding hydrogens is 398 g/mol. The van der Waals surface area contributed by atoms with Crippen molar-refractivity contribution < 1.29 is 9.32 Å². The third-order valence-electron chi connectivity index (χ3n) is 6.69. The standard InChI is InChI=1S/C27H29N3O2/c1-17(31)12-20-8-10-22(11-9-20)24-16-30(15-21-6-4-5-7-21)25-13-23(14-28-27(24)25)26-18(2)29-32-19(26)3/h8-11,13-14,16,21H,4-7,12,15H2,1-3H3. The summed E-state index contributed by atoms with van der Waals surface area (Å²) in [6.45, 7) is 6.57.